The van der Waals surface area contributed by atoms with E-state index in [0.717, 1.165) is 12.5 Å². The molecule has 4 rings (SSSR count). The minimum Gasteiger partial charge on any atom is -0.508 e. The van der Waals surface area contributed by atoms with Crippen LogP contribution >= 0.6 is 0 Å². The summed E-state index contributed by atoms with van der Waals surface area (Å²) < 4.78 is 48.2. The molecule has 1 aromatic heterocycles. The van der Waals surface area contributed by atoms with Crippen LogP contribution in [0.2, 0.25) is 0 Å². The van der Waals surface area contributed by atoms with Crippen molar-refractivity contribution in [2.24, 2.45) is 11.8 Å². The number of sulfonamides is 1. The number of halogens is 1. The molecular formula is C29H36FN3O5S. The van der Waals surface area contributed by atoms with E-state index in [1.807, 2.05) is 32.6 Å². The Hall–Kier alpha value is -3.66. The Balaban J connectivity index is 0.00000441. The number of rotatable bonds is 8. The van der Waals surface area contributed by atoms with Crippen LogP contribution < -0.4 is 14.4 Å². The van der Waals surface area contributed by atoms with E-state index in [4.69, 9.17) is 9.72 Å². The van der Waals surface area contributed by atoms with Gasteiger partial charge in [-0.2, -0.15) is 0 Å². The first-order valence-corrected chi connectivity index (χ1v) is 14.3. The number of pyridine rings is 1. The average Bonchev–Trinajstić information content (AvgIpc) is 3.13. The van der Waals surface area contributed by atoms with Crippen LogP contribution in [0.5, 0.6) is 11.5 Å². The molecule has 1 aliphatic rings. The van der Waals surface area contributed by atoms with Gasteiger partial charge in [0.15, 0.2) is 0 Å². The maximum Gasteiger partial charge on any atom is 0.268 e. The molecule has 2 aromatic carbocycles. The molecule has 8 nitrogen and oxygen atoms in total. The number of anilines is 1. The molecule has 2 N–H and O–H groups in total. The number of aromatic nitrogens is 1. The lowest BCUT2D eigenvalue weighted by Gasteiger charge is -2.34. The Bertz CT molecular complexity index is 1500. The van der Waals surface area contributed by atoms with Gasteiger partial charge in [0.25, 0.3) is 15.9 Å². The molecule has 0 radical (unpaired) electrons. The summed E-state index contributed by atoms with van der Waals surface area (Å²) in [7, 11) is -4.27. The molecule has 1 unspecified atom stereocenters. The van der Waals surface area contributed by atoms with Crippen molar-refractivity contribution in [3.63, 3.8) is 0 Å². The monoisotopic (exact) mass is 557 g/mol. The highest BCUT2D eigenvalue weighted by atomic mass is 32.2. The van der Waals surface area contributed by atoms with Crippen LogP contribution in [0.15, 0.2) is 59.5 Å². The van der Waals surface area contributed by atoms with Gasteiger partial charge >= 0.3 is 0 Å². The van der Waals surface area contributed by atoms with Crippen molar-refractivity contribution in [2.75, 3.05) is 18.1 Å². The van der Waals surface area contributed by atoms with Gasteiger partial charge in [0.05, 0.1) is 22.8 Å². The number of amides is 1. The third-order valence-electron chi connectivity index (χ3n) is 6.55. The van der Waals surface area contributed by atoms with E-state index in [-0.39, 0.29) is 29.1 Å². The number of hydrogen-bond acceptors (Lipinski definition) is 7. The average molecular weight is 558 g/mol. The predicted octanol–water partition coefficient (Wildman–Crippen LogP) is 5.62. The minimum atomic E-state index is -4.27. The molecule has 1 saturated heterocycles. The number of phenols is 1. The van der Waals surface area contributed by atoms with Gasteiger partial charge in [0, 0.05) is 31.2 Å². The van der Waals surface area contributed by atoms with Crippen molar-refractivity contribution >= 4 is 21.7 Å². The van der Waals surface area contributed by atoms with E-state index in [9.17, 15) is 22.7 Å². The Labute approximate surface area is 230 Å². The summed E-state index contributed by atoms with van der Waals surface area (Å²) in [5, 5.41) is 9.71. The van der Waals surface area contributed by atoms with Crippen molar-refractivity contribution in [1.29, 1.82) is 0 Å². The van der Waals surface area contributed by atoms with E-state index in [1.165, 1.54) is 36.4 Å². The first-order valence-electron chi connectivity index (χ1n) is 12.8. The molecule has 3 aromatic rings. The number of nitrogens with one attached hydrogen (secondary N) is 1. The van der Waals surface area contributed by atoms with Crippen molar-refractivity contribution in [2.45, 2.75) is 51.5 Å². The highest BCUT2D eigenvalue weighted by Gasteiger charge is 2.39. The number of nitrogens with zero attached hydrogens (tertiary/aromatic N) is 2. The molecule has 1 fully saturated rings. The first-order chi connectivity index (χ1) is 18.2. The summed E-state index contributed by atoms with van der Waals surface area (Å²) in [6.07, 6.45) is 0.842. The van der Waals surface area contributed by atoms with Crippen LogP contribution in [0.4, 0.5) is 10.2 Å². The van der Waals surface area contributed by atoms with E-state index in [2.05, 4.69) is 11.6 Å². The summed E-state index contributed by atoms with van der Waals surface area (Å²) in [6.45, 7) is 11.2. The molecule has 1 amide bonds. The highest BCUT2D eigenvalue weighted by Crippen LogP contribution is 2.38. The zero-order valence-corrected chi connectivity index (χ0v) is 23.5. The number of hydrogen-bond donors (Lipinski definition) is 2. The number of aromatic hydroxyl groups is 1. The lowest BCUT2D eigenvalue weighted by Crippen LogP contribution is -2.41. The number of ether oxygens (including phenoxy) is 1. The Kier molecular flexibility index (Phi) is 7.88. The molecular weight excluding hydrogens is 521 g/mol. The Morgan fingerprint density at radius 3 is 2.62 bits per heavy atom. The van der Waals surface area contributed by atoms with E-state index in [1.54, 1.807) is 12.1 Å². The molecule has 0 saturated carbocycles. The minimum absolute atomic E-state index is 0. The molecule has 0 bridgehead atoms. The lowest BCUT2D eigenvalue weighted by molar-refractivity contribution is 0.0981. The summed E-state index contributed by atoms with van der Waals surface area (Å²) in [5.41, 5.74) is 0.593. The fourth-order valence-corrected chi connectivity index (χ4v) is 5.90. The molecule has 1 aliphatic heterocycles. The number of phenolic OH excluding ortho intramolecular Hbond substituents is 1. The molecule has 210 valence electrons. The second-order valence-corrected chi connectivity index (χ2v) is 12.8. The largest absolute Gasteiger partial charge is 0.508 e. The summed E-state index contributed by atoms with van der Waals surface area (Å²) in [6, 6.07) is 12.5. The maximum atomic E-state index is 14.5. The van der Waals surface area contributed by atoms with Crippen LogP contribution in [-0.2, 0) is 10.0 Å². The van der Waals surface area contributed by atoms with Crippen molar-refractivity contribution in [1.82, 2.24) is 9.71 Å². The van der Waals surface area contributed by atoms with Gasteiger partial charge in [0.1, 0.15) is 23.1 Å². The Morgan fingerprint density at radius 1 is 1.23 bits per heavy atom. The summed E-state index contributed by atoms with van der Waals surface area (Å²) in [4.78, 5) is 19.9. The number of benzene rings is 2. The maximum absolute atomic E-state index is 14.5. The number of carbonyl (C=O) groups is 1. The van der Waals surface area contributed by atoms with Gasteiger partial charge in [-0.1, -0.05) is 26.8 Å². The van der Waals surface area contributed by atoms with Gasteiger partial charge in [-0.3, -0.25) is 4.79 Å². The topological polar surface area (TPSA) is 109 Å². The van der Waals surface area contributed by atoms with E-state index >= 15 is 0 Å². The van der Waals surface area contributed by atoms with Crippen LogP contribution in [0.3, 0.4) is 0 Å². The highest BCUT2D eigenvalue weighted by molar-refractivity contribution is 7.90. The molecule has 0 spiro atoms. The van der Waals surface area contributed by atoms with Gasteiger partial charge in [0.2, 0.25) is 0 Å². The molecule has 0 aliphatic carbocycles. The third kappa shape index (κ3) is 6.50. The van der Waals surface area contributed by atoms with Crippen molar-refractivity contribution < 1.29 is 28.9 Å². The van der Waals surface area contributed by atoms with E-state index < -0.39 is 21.7 Å². The fourth-order valence-electron chi connectivity index (χ4n) is 4.90. The molecule has 1 atom stereocenters. The molecule has 39 heavy (non-hydrogen) atoms. The van der Waals surface area contributed by atoms with Gasteiger partial charge in [-0.25, -0.2) is 22.5 Å². The van der Waals surface area contributed by atoms with Crippen molar-refractivity contribution in [3.05, 3.63) is 66.0 Å². The van der Waals surface area contributed by atoms with Gasteiger partial charge < -0.3 is 14.7 Å². The van der Waals surface area contributed by atoms with Crippen LogP contribution in [-0.4, -0.2) is 43.1 Å². The quantitative estimate of drug-likeness (QED) is 0.370. The fraction of sp³-hybridized carbons (Fsp3) is 0.379. The SMILES string of the molecule is CC(C)COc1cc(F)cc(-c2ccc(C(=O)NS(=O)(=O)c3cccc(O)c3)c(N3CC(C)CC3(C)C)n2)c1.[HH]. The summed E-state index contributed by atoms with van der Waals surface area (Å²) >= 11 is 0. The first kappa shape index (κ1) is 28.4. The van der Waals surface area contributed by atoms with Crippen LogP contribution in [0.25, 0.3) is 11.3 Å². The van der Waals surface area contributed by atoms with Crippen LogP contribution in [0, 0.1) is 17.7 Å². The third-order valence-corrected chi connectivity index (χ3v) is 7.88. The van der Waals surface area contributed by atoms with Crippen LogP contribution in [0.1, 0.15) is 52.8 Å². The zero-order valence-electron chi connectivity index (χ0n) is 22.7. The molecule has 10 heteroatoms. The summed E-state index contributed by atoms with van der Waals surface area (Å²) in [5.74, 6) is -0.337. The normalized spacial score (nSPS) is 16.9. The second-order valence-electron chi connectivity index (χ2n) is 11.1. The van der Waals surface area contributed by atoms with Gasteiger partial charge in [-0.05, 0) is 68.5 Å². The predicted molar refractivity (Wildman–Crippen MR) is 150 cm³/mol. The standard InChI is InChI=1S/C29H34FN3O5S.H2/c1-18(2)17-38-23-12-20(11-21(30)13-23)26-10-9-25(27(31-26)33-16-19(3)15-29(33,4)5)28(35)32-39(36,37)24-8-6-7-22(34)14-24;/h6-14,18-19,34H,15-17H2,1-5H3,(H,32,35);1H. The smallest absolute Gasteiger partial charge is 0.268 e. The molecule has 2 heterocycles. The second kappa shape index (κ2) is 10.8. The number of carbonyl (C=O) groups excluding carboxylic acids is 1. The lowest BCUT2D eigenvalue weighted by atomic mass is 9.97. The van der Waals surface area contributed by atoms with E-state index in [0.29, 0.717) is 41.9 Å². The van der Waals surface area contributed by atoms with Crippen molar-refractivity contribution in [3.8, 4) is 22.8 Å². The zero-order chi connectivity index (χ0) is 28.5. The Morgan fingerprint density at radius 2 is 1.97 bits per heavy atom. The van der Waals surface area contributed by atoms with Gasteiger partial charge in [-0.15, -0.1) is 0 Å².